The molecule has 0 amide bonds. The van der Waals surface area contributed by atoms with Crippen molar-refractivity contribution in [2.24, 2.45) is 0 Å². The quantitative estimate of drug-likeness (QED) is 0.0448. The highest BCUT2D eigenvalue weighted by Crippen LogP contribution is 2.32. The monoisotopic (exact) mass is 1160 g/mol. The molecule has 2 aromatic heterocycles. The van der Waals surface area contributed by atoms with Gasteiger partial charge in [-0.25, -0.2) is 87.8 Å². The van der Waals surface area contributed by atoms with Gasteiger partial charge in [-0.1, -0.05) is 59.1 Å². The third kappa shape index (κ3) is 8.92. The molecule has 0 atom stereocenters. The zero-order valence-corrected chi connectivity index (χ0v) is 37.0. The molecule has 364 valence electrons. The predicted molar refractivity (Wildman–Crippen MR) is 208 cm³/mol. The third-order valence-electron chi connectivity index (χ3n) is 9.91. The van der Waals surface area contributed by atoms with E-state index in [0.29, 0.717) is 0 Å². The number of rotatable bonds is 10. The van der Waals surface area contributed by atoms with Crippen LogP contribution in [0.25, 0.3) is 0 Å². The van der Waals surface area contributed by atoms with Gasteiger partial charge in [0, 0.05) is 12.1 Å². The molecular formula is C44H14BF20IO2S2. The summed E-state index contributed by atoms with van der Waals surface area (Å²) in [5, 5.41) is 1.89. The number of ether oxygens (including phenoxy) is 2. The Bertz CT molecular complexity index is 2860. The summed E-state index contributed by atoms with van der Waals surface area (Å²) in [6.07, 6.45) is -7.22. The maximum atomic E-state index is 15.4. The van der Waals surface area contributed by atoms with Gasteiger partial charge in [0.2, 0.25) is 0 Å². The number of para-hydroxylation sites is 2. The van der Waals surface area contributed by atoms with Crippen LogP contribution in [0.5, 0.6) is 21.6 Å². The number of halogens is 21. The van der Waals surface area contributed by atoms with Gasteiger partial charge in [-0.3, -0.25) is 0 Å². The fraction of sp³-hybridized carbons (Fsp3) is 0. The molecule has 0 aliphatic carbocycles. The van der Waals surface area contributed by atoms with E-state index in [0.717, 1.165) is 21.6 Å². The third-order valence-corrected chi connectivity index (χ3v) is 15.6. The molecule has 26 heteroatoms. The lowest BCUT2D eigenvalue weighted by Gasteiger charge is -2.44. The second-order valence-corrected chi connectivity index (χ2v) is 20.3. The van der Waals surface area contributed by atoms with Crippen molar-refractivity contribution in [3.05, 3.63) is 207 Å². The molecule has 70 heavy (non-hydrogen) atoms. The van der Waals surface area contributed by atoms with Gasteiger partial charge in [0.15, 0.2) is 79.9 Å². The van der Waals surface area contributed by atoms with E-state index < -0.39 is 144 Å². The summed E-state index contributed by atoms with van der Waals surface area (Å²) in [6, 6.07) is 28.3. The normalized spacial score (nSPS) is 11.5. The largest absolute Gasteiger partial charge is 0.447 e. The molecule has 2 heterocycles. The average Bonchev–Trinajstić information content (AvgIpc) is 4.00. The molecule has 0 bridgehead atoms. The van der Waals surface area contributed by atoms with Gasteiger partial charge in [-0.05, 0) is 36.4 Å². The Morgan fingerprint density at radius 2 is 0.486 bits per heavy atom. The van der Waals surface area contributed by atoms with E-state index in [4.69, 9.17) is 9.47 Å². The molecule has 0 radical (unpaired) electrons. The van der Waals surface area contributed by atoms with Crippen LogP contribution < -0.4 is 52.5 Å². The van der Waals surface area contributed by atoms with E-state index in [1.165, 1.54) is 5.77 Å². The molecule has 0 aliphatic heterocycles. The highest BCUT2D eigenvalue weighted by Gasteiger charge is 2.52. The predicted octanol–water partition coefficient (Wildman–Crippen LogP) is 9.37. The van der Waals surface area contributed by atoms with Crippen LogP contribution in [0, 0.1) is 122 Å². The Morgan fingerprint density at radius 3 is 0.714 bits per heavy atom. The van der Waals surface area contributed by atoms with E-state index in [9.17, 15) is 52.7 Å². The Morgan fingerprint density at radius 1 is 0.271 bits per heavy atom. The van der Waals surface area contributed by atoms with Crippen LogP contribution in [-0.4, -0.2) is 6.15 Å². The van der Waals surface area contributed by atoms with Crippen LogP contribution in [0.15, 0.2) is 84.9 Å². The van der Waals surface area contributed by atoms with Gasteiger partial charge in [0.1, 0.15) is 64.2 Å². The van der Waals surface area contributed by atoms with Crippen LogP contribution in [0.2, 0.25) is 0 Å². The fourth-order valence-electron chi connectivity index (χ4n) is 6.98. The molecule has 0 N–H and O–H groups in total. The number of benzene rings is 6. The highest BCUT2D eigenvalue weighted by atomic mass is 127. The minimum atomic E-state index is -7.22. The van der Waals surface area contributed by atoms with Crippen molar-refractivity contribution in [1.82, 2.24) is 0 Å². The summed E-state index contributed by atoms with van der Waals surface area (Å²) >= 11 is 3.25. The lowest BCUT2D eigenvalue weighted by Crippen LogP contribution is -3.61. The van der Waals surface area contributed by atoms with Crippen LogP contribution >= 0.6 is 22.7 Å². The summed E-state index contributed by atoms with van der Waals surface area (Å²) in [6.45, 7) is 0. The van der Waals surface area contributed by atoms with E-state index in [1.807, 2.05) is 60.7 Å². The van der Waals surface area contributed by atoms with Gasteiger partial charge < -0.3 is 9.47 Å². The van der Waals surface area contributed by atoms with Crippen molar-refractivity contribution in [3.8, 4) is 21.6 Å². The molecule has 0 saturated heterocycles. The average molecular weight is 1160 g/mol. The first kappa shape index (κ1) is 51.6. The molecule has 0 unspecified atom stereocenters. The fourth-order valence-corrected chi connectivity index (χ4v) is 12.9. The van der Waals surface area contributed by atoms with E-state index in [2.05, 4.69) is 24.3 Å². The SMILES string of the molecule is Fc1c(F)c(F)c([B-](c2c(F)c(F)c(F)c(F)c2F)(c2c(F)c(F)c(F)c(F)c2F)c2c(F)c(F)c(F)c(F)c2F)c(F)c1F.c1ccc(Oc2ccc([I+]c3ccc(Oc4ccccc4)s3)s2)cc1. The molecule has 0 spiro atoms. The second-order valence-electron chi connectivity index (χ2n) is 13.8. The van der Waals surface area contributed by atoms with Crippen LogP contribution in [0.4, 0.5) is 87.8 Å². The van der Waals surface area contributed by atoms with Gasteiger partial charge in [-0.15, -0.1) is 21.9 Å². The maximum Gasteiger partial charge on any atom is 0.381 e. The summed E-state index contributed by atoms with van der Waals surface area (Å²) in [5.41, 5.74) is -14.3. The van der Waals surface area contributed by atoms with Crippen molar-refractivity contribution in [3.63, 3.8) is 0 Å². The van der Waals surface area contributed by atoms with E-state index >= 15 is 35.1 Å². The second kappa shape index (κ2) is 20.2. The summed E-state index contributed by atoms with van der Waals surface area (Å²) < 4.78 is 309. The van der Waals surface area contributed by atoms with Crippen molar-refractivity contribution in [1.29, 1.82) is 0 Å². The standard InChI is InChI=1S/C24BF20.C20H14IO2S2/c26-5-1(6(27)14(35)21(42)13(5)34)25(2-7(28)15(36)22(43)16(37)8(2)29,3-9(30)17(38)23(44)18(39)10(3)31)4-11(32)19(40)24(45)20(41)12(4)33;1-3-7-15(8-4-1)22-19-13-11-17(24-19)21-18-12-14-20(25-18)23-16-9-5-2-6-10-16/h;1-14H/q-1;+1. The topological polar surface area (TPSA) is 18.5 Å². The molecular weight excluding hydrogens is 1140 g/mol. The van der Waals surface area contributed by atoms with Crippen LogP contribution in [0.1, 0.15) is 0 Å². The Balaban J connectivity index is 0.000000242. The molecule has 0 aliphatic rings. The van der Waals surface area contributed by atoms with Crippen molar-refractivity contribution in [2.45, 2.75) is 0 Å². The smallest absolute Gasteiger partial charge is 0.381 e. The summed E-state index contributed by atoms with van der Waals surface area (Å²) in [7, 11) is 0. The molecule has 8 rings (SSSR count). The Hall–Kier alpha value is -6.29. The first-order chi connectivity index (χ1) is 33.1. The van der Waals surface area contributed by atoms with Crippen molar-refractivity contribution < 1.29 is 118 Å². The first-order valence-corrected chi connectivity index (χ1v) is 22.4. The lowest BCUT2D eigenvalue weighted by molar-refractivity contribution is -0.585. The van der Waals surface area contributed by atoms with Gasteiger partial charge in [-0.2, -0.15) is 0 Å². The molecule has 6 aromatic carbocycles. The molecule has 0 fully saturated rings. The minimum Gasteiger partial charge on any atom is -0.447 e. The Kier molecular flexibility index (Phi) is 14.9. The number of thiophene rings is 2. The van der Waals surface area contributed by atoms with Crippen molar-refractivity contribution >= 4 is 50.7 Å². The van der Waals surface area contributed by atoms with Crippen molar-refractivity contribution in [2.75, 3.05) is 0 Å². The van der Waals surface area contributed by atoms with Gasteiger partial charge in [0.05, 0.1) is 0 Å². The summed E-state index contributed by atoms with van der Waals surface area (Å²) in [5.74, 6) is -69.6. The summed E-state index contributed by atoms with van der Waals surface area (Å²) in [4.78, 5) is 0. The first-order valence-electron chi connectivity index (χ1n) is 18.6. The number of hydrogen-bond acceptors (Lipinski definition) is 4. The zero-order chi connectivity index (χ0) is 51.3. The van der Waals surface area contributed by atoms with Crippen LogP contribution in [-0.2, 0) is 0 Å². The number of hydrogen-bond donors (Lipinski definition) is 0. The van der Waals surface area contributed by atoms with E-state index in [-0.39, 0.29) is 21.2 Å². The lowest BCUT2D eigenvalue weighted by atomic mass is 9.12. The van der Waals surface area contributed by atoms with Crippen LogP contribution in [0.3, 0.4) is 0 Å². The minimum absolute atomic E-state index is 0.205. The molecule has 0 saturated carbocycles. The van der Waals surface area contributed by atoms with Gasteiger partial charge in [0.25, 0.3) is 5.77 Å². The molecule has 2 nitrogen and oxygen atoms in total. The van der Waals surface area contributed by atoms with Gasteiger partial charge >= 0.3 is 21.2 Å². The zero-order valence-electron chi connectivity index (χ0n) is 33.2. The maximum absolute atomic E-state index is 15.4. The van der Waals surface area contributed by atoms with E-state index in [1.54, 1.807) is 22.7 Å². The highest BCUT2D eigenvalue weighted by molar-refractivity contribution is 7.20. The Labute approximate surface area is 396 Å². The molecule has 8 aromatic rings.